The van der Waals surface area contributed by atoms with Crippen LogP contribution in [0.15, 0.2) is 77.3 Å². The minimum absolute atomic E-state index is 0.0690. The lowest BCUT2D eigenvalue weighted by atomic mass is 9.87. The Labute approximate surface area is 148 Å². The van der Waals surface area contributed by atoms with E-state index in [4.69, 9.17) is 4.74 Å². The van der Waals surface area contributed by atoms with Gasteiger partial charge in [0.05, 0.1) is 5.92 Å². The van der Waals surface area contributed by atoms with E-state index in [-0.39, 0.29) is 5.91 Å². The van der Waals surface area contributed by atoms with Gasteiger partial charge in [0.15, 0.2) is 0 Å². The Kier molecular flexibility index (Phi) is 3.82. The fourth-order valence-corrected chi connectivity index (χ4v) is 3.20. The van der Waals surface area contributed by atoms with Crippen LogP contribution >= 0.6 is 15.9 Å². The smallest absolute Gasteiger partial charge is 0.236 e. The third-order valence-corrected chi connectivity index (χ3v) is 4.58. The number of nitrogens with one attached hydrogen (secondary N) is 1. The number of carbonyl (C=O) groups is 1. The van der Waals surface area contributed by atoms with Crippen LogP contribution in [0.5, 0.6) is 11.5 Å². The molecule has 1 amide bonds. The Morgan fingerprint density at radius 1 is 0.833 bits per heavy atom. The molecule has 0 saturated carbocycles. The summed E-state index contributed by atoms with van der Waals surface area (Å²) in [4.78, 5) is 13.0. The number of ether oxygens (including phenoxy) is 1. The van der Waals surface area contributed by atoms with Gasteiger partial charge in [0, 0.05) is 21.3 Å². The number of carbonyl (C=O) groups excluding carboxylic acids is 1. The first-order valence-corrected chi connectivity index (χ1v) is 8.44. The summed E-state index contributed by atoms with van der Waals surface area (Å²) in [5.74, 6) is 0.995. The lowest BCUT2D eigenvalue weighted by molar-refractivity contribution is -0.116. The molecule has 0 bridgehead atoms. The summed E-state index contributed by atoms with van der Waals surface area (Å²) in [6, 6.07) is 22.9. The standard InChI is InChI=1S/C20H14BrNO2/c21-13-9-11-14(12-10-13)22-20(23)19-15-5-1-3-7-17(15)24-18-8-4-2-6-16(18)19/h1-12,19H,(H,22,23). The molecule has 1 N–H and O–H groups in total. The zero-order valence-electron chi connectivity index (χ0n) is 12.7. The van der Waals surface area contributed by atoms with Crippen molar-refractivity contribution in [1.82, 2.24) is 0 Å². The summed E-state index contributed by atoms with van der Waals surface area (Å²) in [5.41, 5.74) is 2.53. The third kappa shape index (κ3) is 2.69. The van der Waals surface area contributed by atoms with Crippen molar-refractivity contribution in [2.45, 2.75) is 5.92 Å². The number of hydrogen-bond donors (Lipinski definition) is 1. The minimum Gasteiger partial charge on any atom is -0.457 e. The fourth-order valence-electron chi connectivity index (χ4n) is 2.94. The van der Waals surface area contributed by atoms with Gasteiger partial charge in [-0.05, 0) is 36.4 Å². The van der Waals surface area contributed by atoms with Crippen LogP contribution < -0.4 is 10.1 Å². The molecule has 1 heterocycles. The van der Waals surface area contributed by atoms with Crippen LogP contribution in [0.3, 0.4) is 0 Å². The van der Waals surface area contributed by atoms with Gasteiger partial charge in [-0.2, -0.15) is 0 Å². The van der Waals surface area contributed by atoms with E-state index in [9.17, 15) is 4.79 Å². The molecule has 1 aliphatic heterocycles. The van der Waals surface area contributed by atoms with Crippen molar-refractivity contribution in [1.29, 1.82) is 0 Å². The molecule has 1 aliphatic rings. The molecule has 3 aromatic rings. The number of halogens is 1. The van der Waals surface area contributed by atoms with Gasteiger partial charge < -0.3 is 10.1 Å². The van der Waals surface area contributed by atoms with Crippen molar-refractivity contribution < 1.29 is 9.53 Å². The Hall–Kier alpha value is -2.59. The Morgan fingerprint density at radius 3 is 1.96 bits per heavy atom. The van der Waals surface area contributed by atoms with Gasteiger partial charge in [0.25, 0.3) is 0 Å². The monoisotopic (exact) mass is 379 g/mol. The summed E-state index contributed by atoms with van der Waals surface area (Å²) < 4.78 is 6.91. The number of rotatable bonds is 2. The molecule has 3 aromatic carbocycles. The van der Waals surface area contributed by atoms with Crippen LogP contribution in [0.1, 0.15) is 17.0 Å². The van der Waals surface area contributed by atoms with Gasteiger partial charge in [-0.3, -0.25) is 4.79 Å². The second-order valence-electron chi connectivity index (χ2n) is 5.61. The molecule has 0 aromatic heterocycles. The molecule has 0 spiro atoms. The predicted octanol–water partition coefficient (Wildman–Crippen LogP) is 5.33. The molecule has 4 rings (SSSR count). The average molecular weight is 380 g/mol. The molecule has 0 unspecified atom stereocenters. The molecule has 0 fully saturated rings. The van der Waals surface area contributed by atoms with Gasteiger partial charge in [0.2, 0.25) is 5.91 Å². The molecule has 4 heteroatoms. The highest BCUT2D eigenvalue weighted by molar-refractivity contribution is 9.10. The van der Waals surface area contributed by atoms with Crippen LogP contribution in [0.4, 0.5) is 5.69 Å². The molecule has 0 atom stereocenters. The molecule has 0 radical (unpaired) electrons. The lowest BCUT2D eigenvalue weighted by Crippen LogP contribution is -2.25. The second-order valence-corrected chi connectivity index (χ2v) is 6.52. The lowest BCUT2D eigenvalue weighted by Gasteiger charge is -2.27. The van der Waals surface area contributed by atoms with Gasteiger partial charge >= 0.3 is 0 Å². The van der Waals surface area contributed by atoms with Crippen LogP contribution in [-0.4, -0.2) is 5.91 Å². The van der Waals surface area contributed by atoms with Crippen molar-refractivity contribution in [3.8, 4) is 11.5 Å². The second kappa shape index (κ2) is 6.13. The highest BCUT2D eigenvalue weighted by atomic mass is 79.9. The molecule has 3 nitrogen and oxygen atoms in total. The van der Waals surface area contributed by atoms with E-state index in [0.29, 0.717) is 0 Å². The third-order valence-electron chi connectivity index (χ3n) is 4.05. The van der Waals surface area contributed by atoms with Crippen molar-refractivity contribution >= 4 is 27.5 Å². The molecular formula is C20H14BrNO2. The summed E-state index contributed by atoms with van der Waals surface area (Å²) in [5, 5.41) is 3.01. The van der Waals surface area contributed by atoms with E-state index >= 15 is 0 Å². The number of benzene rings is 3. The number of hydrogen-bond acceptors (Lipinski definition) is 2. The molecule has 0 aliphatic carbocycles. The Morgan fingerprint density at radius 2 is 1.38 bits per heavy atom. The average Bonchev–Trinajstić information content (AvgIpc) is 2.61. The summed E-state index contributed by atoms with van der Waals surface area (Å²) in [6.45, 7) is 0. The fraction of sp³-hybridized carbons (Fsp3) is 0.0500. The zero-order chi connectivity index (χ0) is 16.5. The van der Waals surface area contributed by atoms with Gasteiger partial charge in [0.1, 0.15) is 11.5 Å². The van der Waals surface area contributed by atoms with Crippen LogP contribution in [0.25, 0.3) is 0 Å². The first-order valence-electron chi connectivity index (χ1n) is 7.64. The van der Waals surface area contributed by atoms with E-state index in [1.807, 2.05) is 72.8 Å². The maximum atomic E-state index is 13.0. The van der Waals surface area contributed by atoms with Gasteiger partial charge in [-0.25, -0.2) is 0 Å². The first kappa shape index (κ1) is 15.0. The normalized spacial score (nSPS) is 12.7. The molecule has 24 heavy (non-hydrogen) atoms. The Bertz CT molecular complexity index is 860. The summed E-state index contributed by atoms with van der Waals surface area (Å²) in [6.07, 6.45) is 0. The van der Waals surface area contributed by atoms with Gasteiger partial charge in [-0.1, -0.05) is 52.3 Å². The number of amides is 1. The van der Waals surface area contributed by atoms with E-state index in [1.165, 1.54) is 0 Å². The molecule has 0 saturated heterocycles. The predicted molar refractivity (Wildman–Crippen MR) is 97.6 cm³/mol. The summed E-state index contributed by atoms with van der Waals surface area (Å²) in [7, 11) is 0. The maximum absolute atomic E-state index is 13.0. The SMILES string of the molecule is O=C(Nc1ccc(Br)cc1)C1c2ccccc2Oc2ccccc21. The molecule has 118 valence electrons. The maximum Gasteiger partial charge on any atom is 0.236 e. The van der Waals surface area contributed by atoms with E-state index in [1.54, 1.807) is 0 Å². The Balaban J connectivity index is 1.74. The van der Waals surface area contributed by atoms with Crippen LogP contribution in [0.2, 0.25) is 0 Å². The van der Waals surface area contributed by atoms with E-state index in [0.717, 1.165) is 32.8 Å². The summed E-state index contributed by atoms with van der Waals surface area (Å²) >= 11 is 3.40. The number of anilines is 1. The van der Waals surface area contributed by atoms with Crippen molar-refractivity contribution in [2.24, 2.45) is 0 Å². The first-order chi connectivity index (χ1) is 11.7. The highest BCUT2D eigenvalue weighted by Crippen LogP contribution is 2.44. The van der Waals surface area contributed by atoms with Crippen molar-refractivity contribution in [2.75, 3.05) is 5.32 Å². The zero-order valence-corrected chi connectivity index (χ0v) is 14.3. The topological polar surface area (TPSA) is 38.3 Å². The van der Waals surface area contributed by atoms with Crippen LogP contribution in [-0.2, 0) is 4.79 Å². The van der Waals surface area contributed by atoms with Crippen molar-refractivity contribution in [3.63, 3.8) is 0 Å². The van der Waals surface area contributed by atoms with Crippen molar-refractivity contribution in [3.05, 3.63) is 88.4 Å². The van der Waals surface area contributed by atoms with Gasteiger partial charge in [-0.15, -0.1) is 0 Å². The molecular weight excluding hydrogens is 366 g/mol. The van der Waals surface area contributed by atoms with Crippen LogP contribution in [0, 0.1) is 0 Å². The minimum atomic E-state index is -0.394. The quantitative estimate of drug-likeness (QED) is 0.653. The van der Waals surface area contributed by atoms with E-state index in [2.05, 4.69) is 21.2 Å². The highest BCUT2D eigenvalue weighted by Gasteiger charge is 2.32. The number of fused-ring (bicyclic) bond motifs is 2. The van der Waals surface area contributed by atoms with E-state index < -0.39 is 5.92 Å². The number of para-hydroxylation sites is 2. The largest absolute Gasteiger partial charge is 0.457 e.